The lowest BCUT2D eigenvalue weighted by molar-refractivity contribution is -0.147. The number of ether oxygens (including phenoxy) is 2. The van der Waals surface area contributed by atoms with Crippen molar-refractivity contribution in [1.29, 1.82) is 0 Å². The highest BCUT2D eigenvalue weighted by Crippen LogP contribution is 2.31. The quantitative estimate of drug-likeness (QED) is 0.644. The Morgan fingerprint density at radius 3 is 2.45 bits per heavy atom. The number of Topliss-reactive ketones (excluding diaryl/α,β-unsaturated/α-hetero) is 1. The summed E-state index contributed by atoms with van der Waals surface area (Å²) in [6.45, 7) is 6.92. The smallest absolute Gasteiger partial charge is 0.340 e. The summed E-state index contributed by atoms with van der Waals surface area (Å²) in [6.07, 6.45) is 0.778. The minimum atomic E-state index is -0.875. The fourth-order valence-electron chi connectivity index (χ4n) is 2.35. The average Bonchev–Trinajstić information content (AvgIpc) is 3.24. The first kappa shape index (κ1) is 16.3. The third-order valence-electron chi connectivity index (χ3n) is 3.74. The summed E-state index contributed by atoms with van der Waals surface area (Å²) >= 11 is 0. The van der Waals surface area contributed by atoms with Crippen molar-refractivity contribution in [3.05, 3.63) is 22.5 Å². The molecule has 0 amide bonds. The molecule has 6 heteroatoms. The minimum absolute atomic E-state index is 0.0585. The number of hydrogen-bond acceptors (Lipinski definition) is 5. The Bertz CT molecular complexity index is 612. The molecular formula is C16H21NO5. The van der Waals surface area contributed by atoms with Crippen LogP contribution in [-0.4, -0.2) is 35.4 Å². The molecule has 120 valence electrons. The summed E-state index contributed by atoms with van der Waals surface area (Å²) in [5, 5.41) is 0. The van der Waals surface area contributed by atoms with E-state index in [2.05, 4.69) is 4.98 Å². The second-order valence-corrected chi connectivity index (χ2v) is 5.56. The van der Waals surface area contributed by atoms with Crippen LogP contribution in [0.5, 0.6) is 0 Å². The van der Waals surface area contributed by atoms with E-state index in [-0.39, 0.29) is 30.0 Å². The molecule has 1 saturated carbocycles. The average molecular weight is 307 g/mol. The maximum atomic E-state index is 12.4. The molecular weight excluding hydrogens is 286 g/mol. The van der Waals surface area contributed by atoms with Crippen LogP contribution in [0.1, 0.15) is 58.8 Å². The number of rotatable bonds is 6. The number of aromatic nitrogens is 1. The normalized spacial score (nSPS) is 15.3. The molecule has 1 heterocycles. The Balaban J connectivity index is 2.17. The molecule has 0 aromatic carbocycles. The molecule has 1 aliphatic rings. The van der Waals surface area contributed by atoms with Crippen LogP contribution < -0.4 is 0 Å². The van der Waals surface area contributed by atoms with E-state index in [0.29, 0.717) is 16.8 Å². The van der Waals surface area contributed by atoms with E-state index in [0.717, 1.165) is 12.8 Å². The zero-order valence-corrected chi connectivity index (χ0v) is 13.3. The molecule has 2 rings (SSSR count). The van der Waals surface area contributed by atoms with Gasteiger partial charge in [0.15, 0.2) is 6.10 Å². The largest absolute Gasteiger partial charge is 0.462 e. The Hall–Kier alpha value is -2.11. The Morgan fingerprint density at radius 2 is 1.91 bits per heavy atom. The van der Waals surface area contributed by atoms with E-state index < -0.39 is 12.1 Å². The van der Waals surface area contributed by atoms with Gasteiger partial charge in [-0.1, -0.05) is 0 Å². The van der Waals surface area contributed by atoms with Crippen LogP contribution in [0.3, 0.4) is 0 Å². The molecule has 1 atom stereocenters. The van der Waals surface area contributed by atoms with Crippen molar-refractivity contribution in [1.82, 2.24) is 4.98 Å². The van der Waals surface area contributed by atoms with Gasteiger partial charge in [-0.15, -0.1) is 0 Å². The molecule has 0 unspecified atom stereocenters. The van der Waals surface area contributed by atoms with Crippen molar-refractivity contribution in [2.24, 2.45) is 5.92 Å². The highest BCUT2D eigenvalue weighted by atomic mass is 16.5. The molecule has 0 saturated heterocycles. The molecule has 0 bridgehead atoms. The number of hydrogen-bond donors (Lipinski definition) is 1. The predicted molar refractivity (Wildman–Crippen MR) is 78.8 cm³/mol. The zero-order valence-electron chi connectivity index (χ0n) is 13.3. The topological polar surface area (TPSA) is 85.5 Å². The Kier molecular flexibility index (Phi) is 4.68. The van der Waals surface area contributed by atoms with Crippen LogP contribution in [-0.2, 0) is 14.3 Å². The lowest BCUT2D eigenvalue weighted by Gasteiger charge is -2.11. The van der Waals surface area contributed by atoms with Gasteiger partial charge in [-0.25, -0.2) is 4.79 Å². The van der Waals surface area contributed by atoms with Crippen molar-refractivity contribution >= 4 is 17.7 Å². The van der Waals surface area contributed by atoms with Crippen molar-refractivity contribution in [2.75, 3.05) is 6.61 Å². The first-order chi connectivity index (χ1) is 10.4. The monoisotopic (exact) mass is 307 g/mol. The molecule has 0 aliphatic heterocycles. The molecule has 1 aromatic heterocycles. The summed E-state index contributed by atoms with van der Waals surface area (Å²) in [5.41, 5.74) is 1.75. The van der Waals surface area contributed by atoms with Gasteiger partial charge in [-0.05, 0) is 46.1 Å². The van der Waals surface area contributed by atoms with E-state index in [1.54, 1.807) is 27.7 Å². The van der Waals surface area contributed by atoms with Crippen molar-refractivity contribution in [2.45, 2.75) is 46.6 Å². The molecule has 0 spiro atoms. The van der Waals surface area contributed by atoms with Crippen molar-refractivity contribution in [3.8, 4) is 0 Å². The van der Waals surface area contributed by atoms with Gasteiger partial charge in [-0.3, -0.25) is 9.59 Å². The Labute approximate surface area is 129 Å². The number of esters is 2. The predicted octanol–water partition coefficient (Wildman–Crippen LogP) is 2.33. The van der Waals surface area contributed by atoms with E-state index in [9.17, 15) is 14.4 Å². The van der Waals surface area contributed by atoms with Gasteiger partial charge in [0, 0.05) is 5.69 Å². The Morgan fingerprint density at radius 1 is 1.27 bits per heavy atom. The van der Waals surface area contributed by atoms with E-state index >= 15 is 0 Å². The summed E-state index contributed by atoms with van der Waals surface area (Å²) < 4.78 is 10.2. The van der Waals surface area contributed by atoms with Crippen LogP contribution in [0.25, 0.3) is 0 Å². The lowest BCUT2D eigenvalue weighted by Crippen LogP contribution is -2.26. The fourth-order valence-corrected chi connectivity index (χ4v) is 2.35. The highest BCUT2D eigenvalue weighted by Gasteiger charge is 2.34. The molecule has 1 N–H and O–H groups in total. The van der Waals surface area contributed by atoms with Crippen LogP contribution in [0.2, 0.25) is 0 Å². The van der Waals surface area contributed by atoms with Gasteiger partial charge < -0.3 is 14.5 Å². The van der Waals surface area contributed by atoms with Gasteiger partial charge in [0.25, 0.3) is 0 Å². The third-order valence-corrected chi connectivity index (χ3v) is 3.74. The first-order valence-electron chi connectivity index (χ1n) is 7.47. The van der Waals surface area contributed by atoms with Gasteiger partial charge >= 0.3 is 11.9 Å². The second-order valence-electron chi connectivity index (χ2n) is 5.56. The van der Waals surface area contributed by atoms with E-state index in [1.807, 2.05) is 0 Å². The van der Waals surface area contributed by atoms with Gasteiger partial charge in [-0.2, -0.15) is 0 Å². The number of aryl methyl sites for hydroxylation is 1. The van der Waals surface area contributed by atoms with Crippen LogP contribution >= 0.6 is 0 Å². The van der Waals surface area contributed by atoms with Gasteiger partial charge in [0.1, 0.15) is 0 Å². The van der Waals surface area contributed by atoms with Crippen LogP contribution in [0, 0.1) is 19.8 Å². The SMILES string of the molecule is CCOC(=O)c1c(C)[nH]c(C(=O)[C@H](C)OC(=O)C2CC2)c1C. The number of carbonyl (C=O) groups excluding carboxylic acids is 3. The van der Waals surface area contributed by atoms with Crippen LogP contribution in [0.15, 0.2) is 0 Å². The molecule has 22 heavy (non-hydrogen) atoms. The van der Waals surface area contributed by atoms with Gasteiger partial charge in [0.05, 0.1) is 23.8 Å². The maximum Gasteiger partial charge on any atom is 0.340 e. The number of ketones is 1. The summed E-state index contributed by atoms with van der Waals surface area (Å²) in [7, 11) is 0. The fraction of sp³-hybridized carbons (Fsp3) is 0.562. The lowest BCUT2D eigenvalue weighted by atomic mass is 10.1. The molecule has 6 nitrogen and oxygen atoms in total. The van der Waals surface area contributed by atoms with Gasteiger partial charge in [0.2, 0.25) is 5.78 Å². The zero-order chi connectivity index (χ0) is 16.4. The first-order valence-corrected chi connectivity index (χ1v) is 7.47. The number of aromatic amines is 1. The minimum Gasteiger partial charge on any atom is -0.462 e. The molecule has 1 aliphatic carbocycles. The van der Waals surface area contributed by atoms with E-state index in [4.69, 9.17) is 9.47 Å². The molecule has 1 fully saturated rings. The summed E-state index contributed by atoms with van der Waals surface area (Å²) in [5.74, 6) is -1.19. The third kappa shape index (κ3) is 3.21. The molecule has 1 aromatic rings. The number of nitrogens with one attached hydrogen (secondary N) is 1. The second kappa shape index (κ2) is 6.34. The summed E-state index contributed by atoms with van der Waals surface area (Å²) in [6, 6.07) is 0. The number of H-pyrrole nitrogens is 1. The van der Waals surface area contributed by atoms with E-state index in [1.165, 1.54) is 0 Å². The summed E-state index contributed by atoms with van der Waals surface area (Å²) in [4.78, 5) is 38.9. The van der Waals surface area contributed by atoms with Crippen molar-refractivity contribution < 1.29 is 23.9 Å². The maximum absolute atomic E-state index is 12.4. The van der Waals surface area contributed by atoms with Crippen molar-refractivity contribution in [3.63, 3.8) is 0 Å². The highest BCUT2D eigenvalue weighted by molar-refractivity contribution is 6.04. The standard InChI is InChI=1S/C16H21NO5/c1-5-21-16(20)12-8(2)13(17-9(12)3)14(18)10(4)22-15(19)11-6-7-11/h10-11,17H,5-7H2,1-4H3/t10-/m0/s1. The van der Waals surface area contributed by atoms with Crippen LogP contribution in [0.4, 0.5) is 0 Å². The molecule has 0 radical (unpaired) electrons. The number of carbonyl (C=O) groups is 3.